The maximum atomic E-state index is 11.5. The molecule has 3 nitrogen and oxygen atoms in total. The first-order valence-corrected chi connectivity index (χ1v) is 6.85. The predicted octanol–water partition coefficient (Wildman–Crippen LogP) is 3.13. The van der Waals surface area contributed by atoms with Crippen LogP contribution in [-0.2, 0) is 15.3 Å². The number of hydrogen-bond acceptors (Lipinski definition) is 4. The molecule has 0 radical (unpaired) electrons. The second kappa shape index (κ2) is 6.46. The van der Waals surface area contributed by atoms with Crippen LogP contribution in [0.5, 0.6) is 0 Å². The van der Waals surface area contributed by atoms with Crippen LogP contribution in [0.1, 0.15) is 31.9 Å². The van der Waals surface area contributed by atoms with Crippen LogP contribution >= 0.6 is 11.8 Å². The Bertz CT molecular complexity index is 458. The second-order valence-electron chi connectivity index (χ2n) is 4.89. The molecule has 96 valence electrons. The Morgan fingerprint density at radius 2 is 2.17 bits per heavy atom. The molecule has 0 amide bonds. The predicted molar refractivity (Wildman–Crippen MR) is 73.2 cm³/mol. The van der Waals surface area contributed by atoms with Gasteiger partial charge in [-0.05, 0) is 38.5 Å². The lowest BCUT2D eigenvalue weighted by Gasteiger charge is -2.19. The molecule has 1 aromatic carbocycles. The average molecular weight is 263 g/mol. The van der Waals surface area contributed by atoms with Crippen molar-refractivity contribution in [2.75, 3.05) is 5.75 Å². The van der Waals surface area contributed by atoms with Crippen LogP contribution in [0.25, 0.3) is 0 Å². The zero-order valence-electron chi connectivity index (χ0n) is 10.9. The standard InChI is InChI=1S/C14H17NO2S/c1-14(2,3)17-13(16)10-18-9-12-6-4-5-11(7-12)8-15/h4-7H,9-10H2,1-3H3. The van der Waals surface area contributed by atoms with Gasteiger partial charge in [-0.15, -0.1) is 11.8 Å². The van der Waals surface area contributed by atoms with Crippen molar-refractivity contribution in [3.8, 4) is 6.07 Å². The molecular formula is C14H17NO2S. The molecule has 1 rings (SSSR count). The number of hydrogen-bond donors (Lipinski definition) is 0. The lowest BCUT2D eigenvalue weighted by atomic mass is 10.2. The van der Waals surface area contributed by atoms with Crippen molar-refractivity contribution in [3.05, 3.63) is 35.4 Å². The Morgan fingerprint density at radius 3 is 2.78 bits per heavy atom. The summed E-state index contributed by atoms with van der Waals surface area (Å²) in [4.78, 5) is 11.5. The third-order valence-corrected chi connectivity index (χ3v) is 2.94. The Labute approximate surface area is 112 Å². The van der Waals surface area contributed by atoms with Crippen LogP contribution in [0.2, 0.25) is 0 Å². The number of nitriles is 1. The fraction of sp³-hybridized carbons (Fsp3) is 0.429. The molecule has 0 fully saturated rings. The summed E-state index contributed by atoms with van der Waals surface area (Å²) in [5.41, 5.74) is 1.26. The minimum Gasteiger partial charge on any atom is -0.459 e. The van der Waals surface area contributed by atoms with Gasteiger partial charge < -0.3 is 4.74 Å². The molecule has 0 aliphatic carbocycles. The number of benzene rings is 1. The van der Waals surface area contributed by atoms with Crippen molar-refractivity contribution in [3.63, 3.8) is 0 Å². The van der Waals surface area contributed by atoms with Gasteiger partial charge in [0.1, 0.15) is 5.60 Å². The Morgan fingerprint density at radius 1 is 1.44 bits per heavy atom. The van der Waals surface area contributed by atoms with E-state index in [4.69, 9.17) is 10.00 Å². The molecular weight excluding hydrogens is 246 g/mol. The average Bonchev–Trinajstić information content (AvgIpc) is 2.27. The summed E-state index contributed by atoms with van der Waals surface area (Å²) >= 11 is 1.49. The van der Waals surface area contributed by atoms with E-state index in [0.29, 0.717) is 17.1 Å². The zero-order valence-corrected chi connectivity index (χ0v) is 11.7. The van der Waals surface area contributed by atoms with Gasteiger partial charge in [0.15, 0.2) is 0 Å². The Kier molecular flexibility index (Phi) is 5.24. The van der Waals surface area contributed by atoms with E-state index in [9.17, 15) is 4.79 Å². The van der Waals surface area contributed by atoms with E-state index < -0.39 is 5.60 Å². The zero-order chi connectivity index (χ0) is 13.6. The minimum absolute atomic E-state index is 0.205. The van der Waals surface area contributed by atoms with E-state index in [0.717, 1.165) is 5.56 Å². The third-order valence-electron chi connectivity index (χ3n) is 1.96. The van der Waals surface area contributed by atoms with Crippen LogP contribution in [0, 0.1) is 11.3 Å². The van der Waals surface area contributed by atoms with E-state index in [1.165, 1.54) is 11.8 Å². The normalized spacial score (nSPS) is 10.8. The highest BCUT2D eigenvalue weighted by Crippen LogP contribution is 2.15. The van der Waals surface area contributed by atoms with Gasteiger partial charge in [-0.2, -0.15) is 5.26 Å². The molecule has 0 heterocycles. The van der Waals surface area contributed by atoms with E-state index >= 15 is 0 Å². The summed E-state index contributed by atoms with van der Waals surface area (Å²) in [7, 11) is 0. The third kappa shape index (κ3) is 5.74. The van der Waals surface area contributed by atoms with E-state index in [1.54, 1.807) is 6.07 Å². The van der Waals surface area contributed by atoms with Gasteiger partial charge >= 0.3 is 5.97 Å². The number of thioether (sulfide) groups is 1. The number of carbonyl (C=O) groups is 1. The monoisotopic (exact) mass is 263 g/mol. The van der Waals surface area contributed by atoms with E-state index in [-0.39, 0.29) is 5.97 Å². The molecule has 0 N–H and O–H groups in total. The van der Waals surface area contributed by atoms with Crippen molar-refractivity contribution >= 4 is 17.7 Å². The Hall–Kier alpha value is -1.47. The first-order chi connectivity index (χ1) is 8.40. The van der Waals surface area contributed by atoms with Crippen LogP contribution in [0.4, 0.5) is 0 Å². The molecule has 0 saturated heterocycles. The molecule has 0 aromatic heterocycles. The SMILES string of the molecule is CC(C)(C)OC(=O)CSCc1cccc(C#N)c1. The van der Waals surface area contributed by atoms with Gasteiger partial charge in [-0.25, -0.2) is 0 Å². The summed E-state index contributed by atoms with van der Waals surface area (Å²) in [6.07, 6.45) is 0. The van der Waals surface area contributed by atoms with E-state index in [2.05, 4.69) is 6.07 Å². The number of nitrogens with zero attached hydrogens (tertiary/aromatic N) is 1. The smallest absolute Gasteiger partial charge is 0.316 e. The summed E-state index contributed by atoms with van der Waals surface area (Å²) in [5.74, 6) is 0.826. The lowest BCUT2D eigenvalue weighted by molar-refractivity contribution is -0.151. The summed E-state index contributed by atoms with van der Waals surface area (Å²) in [6, 6.07) is 9.49. The highest BCUT2D eigenvalue weighted by molar-refractivity contribution is 7.99. The molecule has 0 spiro atoms. The van der Waals surface area contributed by atoms with Crippen LogP contribution in [-0.4, -0.2) is 17.3 Å². The maximum absolute atomic E-state index is 11.5. The van der Waals surface area contributed by atoms with Crippen LogP contribution in [0.3, 0.4) is 0 Å². The molecule has 0 aliphatic heterocycles. The second-order valence-corrected chi connectivity index (χ2v) is 5.88. The van der Waals surface area contributed by atoms with Gasteiger partial charge in [0, 0.05) is 5.75 Å². The maximum Gasteiger partial charge on any atom is 0.316 e. The van der Waals surface area contributed by atoms with Crippen molar-refractivity contribution < 1.29 is 9.53 Å². The number of rotatable bonds is 4. The van der Waals surface area contributed by atoms with Gasteiger partial charge in [-0.3, -0.25) is 4.79 Å². The van der Waals surface area contributed by atoms with Gasteiger partial charge in [0.2, 0.25) is 0 Å². The fourth-order valence-electron chi connectivity index (χ4n) is 1.35. The molecule has 4 heteroatoms. The van der Waals surface area contributed by atoms with Gasteiger partial charge in [0.05, 0.1) is 17.4 Å². The molecule has 1 aromatic rings. The molecule has 0 saturated carbocycles. The van der Waals surface area contributed by atoms with Crippen LogP contribution in [0.15, 0.2) is 24.3 Å². The molecule has 18 heavy (non-hydrogen) atoms. The molecule has 0 atom stereocenters. The van der Waals surface area contributed by atoms with Crippen LogP contribution < -0.4 is 0 Å². The Balaban J connectivity index is 2.38. The summed E-state index contributed by atoms with van der Waals surface area (Å²) in [6.45, 7) is 5.56. The van der Waals surface area contributed by atoms with Crippen molar-refractivity contribution in [1.29, 1.82) is 5.26 Å². The number of ether oxygens (including phenoxy) is 1. The van der Waals surface area contributed by atoms with Gasteiger partial charge in [-0.1, -0.05) is 12.1 Å². The van der Waals surface area contributed by atoms with Crippen molar-refractivity contribution in [2.45, 2.75) is 32.1 Å². The topological polar surface area (TPSA) is 50.1 Å². The van der Waals surface area contributed by atoms with Crippen molar-refractivity contribution in [2.24, 2.45) is 0 Å². The largest absolute Gasteiger partial charge is 0.459 e. The van der Waals surface area contributed by atoms with Crippen molar-refractivity contribution in [1.82, 2.24) is 0 Å². The highest BCUT2D eigenvalue weighted by atomic mass is 32.2. The minimum atomic E-state index is -0.432. The highest BCUT2D eigenvalue weighted by Gasteiger charge is 2.15. The quantitative estimate of drug-likeness (QED) is 0.783. The summed E-state index contributed by atoms with van der Waals surface area (Å²) in [5, 5.41) is 8.77. The number of carbonyl (C=O) groups excluding carboxylic acids is 1. The summed E-state index contributed by atoms with van der Waals surface area (Å²) < 4.78 is 5.21. The van der Waals surface area contributed by atoms with E-state index in [1.807, 2.05) is 39.0 Å². The first-order valence-electron chi connectivity index (χ1n) is 5.69. The fourth-order valence-corrected chi connectivity index (χ4v) is 2.10. The van der Waals surface area contributed by atoms with Gasteiger partial charge in [0.25, 0.3) is 0 Å². The molecule has 0 bridgehead atoms. The number of esters is 1. The molecule has 0 unspecified atom stereocenters. The lowest BCUT2D eigenvalue weighted by Crippen LogP contribution is -2.24. The molecule has 0 aliphatic rings. The first kappa shape index (κ1) is 14.6.